The fraction of sp³-hybridized carbons (Fsp3) is 0.462. The number of carbonyl (C=O) groups is 1. The molecule has 1 atom stereocenters. The maximum Gasteiger partial charge on any atom is 0.223 e. The van der Waals surface area contributed by atoms with Gasteiger partial charge in [-0.1, -0.05) is 6.07 Å². The Bertz CT molecular complexity index is 523. The smallest absolute Gasteiger partial charge is 0.223 e. The molecule has 3 heterocycles. The molecule has 0 aromatic carbocycles. The van der Waals surface area contributed by atoms with Gasteiger partial charge >= 0.3 is 0 Å². The molecular weight excluding hydrogens is 260 g/mol. The van der Waals surface area contributed by atoms with Gasteiger partial charge in [-0.3, -0.25) is 9.48 Å². The van der Waals surface area contributed by atoms with Crippen molar-refractivity contribution in [3.63, 3.8) is 0 Å². The number of carbonyl (C=O) groups excluding carboxylic acids is 1. The van der Waals surface area contributed by atoms with E-state index >= 15 is 0 Å². The molecule has 1 unspecified atom stereocenters. The largest absolute Gasteiger partial charge is 0.335 e. The zero-order chi connectivity index (χ0) is 13.1. The summed E-state index contributed by atoms with van der Waals surface area (Å²) in [6.07, 6.45) is 5.69. The second kappa shape index (κ2) is 5.52. The number of hydrogen-bond acceptors (Lipinski definition) is 4. The normalized spacial score (nSPS) is 18.3. The highest BCUT2D eigenvalue weighted by molar-refractivity contribution is 7.10. The van der Waals surface area contributed by atoms with Crippen LogP contribution in [0.15, 0.2) is 30.2 Å². The van der Waals surface area contributed by atoms with Gasteiger partial charge in [0.2, 0.25) is 5.91 Å². The van der Waals surface area contributed by atoms with Crippen LogP contribution in [0.3, 0.4) is 0 Å². The number of hydrogen-bond donors (Lipinski definition) is 0. The number of aromatic nitrogens is 3. The van der Waals surface area contributed by atoms with Crippen molar-refractivity contribution in [2.24, 2.45) is 0 Å². The molecule has 0 N–H and O–H groups in total. The van der Waals surface area contributed by atoms with E-state index in [1.54, 1.807) is 22.3 Å². The van der Waals surface area contributed by atoms with Gasteiger partial charge in [0.15, 0.2) is 0 Å². The summed E-state index contributed by atoms with van der Waals surface area (Å²) in [5, 5.41) is 6.10. The van der Waals surface area contributed by atoms with Gasteiger partial charge in [0.1, 0.15) is 12.7 Å². The molecule has 1 amide bonds. The Kier molecular flexibility index (Phi) is 3.59. The van der Waals surface area contributed by atoms with Crippen LogP contribution in [0.2, 0.25) is 0 Å². The van der Waals surface area contributed by atoms with E-state index < -0.39 is 0 Å². The molecular formula is C13H16N4OS. The molecule has 19 heavy (non-hydrogen) atoms. The summed E-state index contributed by atoms with van der Waals surface area (Å²) in [6.45, 7) is 1.65. The van der Waals surface area contributed by atoms with Crippen molar-refractivity contribution in [2.75, 3.05) is 6.54 Å². The molecule has 0 saturated carbocycles. The molecule has 0 spiro atoms. The Labute approximate surface area is 115 Å². The highest BCUT2D eigenvalue weighted by atomic mass is 32.1. The Hall–Kier alpha value is -1.69. The minimum Gasteiger partial charge on any atom is -0.335 e. The monoisotopic (exact) mass is 276 g/mol. The van der Waals surface area contributed by atoms with Crippen LogP contribution in [-0.4, -0.2) is 32.1 Å². The van der Waals surface area contributed by atoms with E-state index in [-0.39, 0.29) is 5.91 Å². The third-order valence-electron chi connectivity index (χ3n) is 3.46. The van der Waals surface area contributed by atoms with E-state index in [4.69, 9.17) is 0 Å². The highest BCUT2D eigenvalue weighted by Crippen LogP contribution is 2.36. The standard InChI is InChI=1S/C13H16N4OS/c18-13(4-1-6-16-10-14-9-15-16)17-7-5-11(17)12-3-2-8-19-12/h2-3,8-11H,1,4-7H2. The Morgan fingerprint density at radius 2 is 2.47 bits per heavy atom. The molecule has 5 nitrogen and oxygen atoms in total. The van der Waals surface area contributed by atoms with Crippen LogP contribution in [0.25, 0.3) is 0 Å². The summed E-state index contributed by atoms with van der Waals surface area (Å²) in [5.74, 6) is 0.254. The molecule has 1 aliphatic rings. The van der Waals surface area contributed by atoms with Gasteiger partial charge in [0, 0.05) is 24.4 Å². The lowest BCUT2D eigenvalue weighted by Gasteiger charge is -2.40. The van der Waals surface area contributed by atoms with Gasteiger partial charge in [-0.25, -0.2) is 4.98 Å². The summed E-state index contributed by atoms with van der Waals surface area (Å²) in [4.78, 5) is 19.3. The van der Waals surface area contributed by atoms with Crippen LogP contribution in [0.1, 0.15) is 30.2 Å². The first-order chi connectivity index (χ1) is 9.34. The summed E-state index contributed by atoms with van der Waals surface area (Å²) in [6, 6.07) is 4.48. The van der Waals surface area contributed by atoms with Crippen LogP contribution in [0.4, 0.5) is 0 Å². The zero-order valence-electron chi connectivity index (χ0n) is 10.6. The summed E-state index contributed by atoms with van der Waals surface area (Å²) >= 11 is 1.73. The number of rotatable bonds is 5. The lowest BCUT2D eigenvalue weighted by atomic mass is 10.0. The predicted octanol–water partition coefficient (Wildman–Crippen LogP) is 2.09. The van der Waals surface area contributed by atoms with Crippen LogP contribution in [-0.2, 0) is 11.3 Å². The first kappa shape index (κ1) is 12.3. The van der Waals surface area contributed by atoms with Gasteiger partial charge in [-0.15, -0.1) is 11.3 Å². The SMILES string of the molecule is O=C(CCCn1cncn1)N1CCC1c1cccs1. The minimum atomic E-state index is 0.254. The molecule has 0 aliphatic carbocycles. The van der Waals surface area contributed by atoms with Gasteiger partial charge in [-0.2, -0.15) is 5.10 Å². The average molecular weight is 276 g/mol. The molecule has 1 fully saturated rings. The second-order valence-electron chi connectivity index (χ2n) is 4.67. The first-order valence-corrected chi connectivity index (χ1v) is 7.38. The van der Waals surface area contributed by atoms with Gasteiger partial charge in [0.05, 0.1) is 6.04 Å². The fourth-order valence-electron chi connectivity index (χ4n) is 2.35. The van der Waals surface area contributed by atoms with Crippen LogP contribution in [0, 0.1) is 0 Å². The molecule has 0 radical (unpaired) electrons. The summed E-state index contributed by atoms with van der Waals surface area (Å²) in [7, 11) is 0. The lowest BCUT2D eigenvalue weighted by Crippen LogP contribution is -2.44. The molecule has 1 aliphatic heterocycles. The number of thiophene rings is 1. The van der Waals surface area contributed by atoms with Crippen molar-refractivity contribution in [1.82, 2.24) is 19.7 Å². The van der Waals surface area contributed by atoms with E-state index in [2.05, 4.69) is 21.5 Å². The van der Waals surface area contributed by atoms with Crippen LogP contribution < -0.4 is 0 Å². The Balaban J connectivity index is 1.48. The number of likely N-dealkylation sites (tertiary alicyclic amines) is 1. The van der Waals surface area contributed by atoms with Crippen LogP contribution >= 0.6 is 11.3 Å². The van der Waals surface area contributed by atoms with E-state index in [0.717, 1.165) is 25.9 Å². The van der Waals surface area contributed by atoms with Gasteiger partial charge < -0.3 is 4.90 Å². The molecule has 3 rings (SSSR count). The Morgan fingerprint density at radius 3 is 3.11 bits per heavy atom. The number of nitrogens with zero attached hydrogens (tertiary/aromatic N) is 4. The minimum absolute atomic E-state index is 0.254. The third kappa shape index (κ3) is 2.68. The number of aryl methyl sites for hydroxylation is 1. The second-order valence-corrected chi connectivity index (χ2v) is 5.65. The van der Waals surface area contributed by atoms with Crippen molar-refractivity contribution in [1.29, 1.82) is 0 Å². The molecule has 2 aromatic heterocycles. The van der Waals surface area contributed by atoms with Crippen molar-refractivity contribution in [3.05, 3.63) is 35.0 Å². The maximum absolute atomic E-state index is 12.1. The van der Waals surface area contributed by atoms with Crippen molar-refractivity contribution in [3.8, 4) is 0 Å². The zero-order valence-corrected chi connectivity index (χ0v) is 11.4. The summed E-state index contributed by atoms with van der Waals surface area (Å²) < 4.78 is 1.76. The quantitative estimate of drug-likeness (QED) is 0.840. The average Bonchev–Trinajstić information content (AvgIpc) is 3.00. The van der Waals surface area contributed by atoms with E-state index in [9.17, 15) is 4.79 Å². The van der Waals surface area contributed by atoms with E-state index in [1.165, 1.54) is 11.2 Å². The van der Waals surface area contributed by atoms with Gasteiger partial charge in [0.25, 0.3) is 0 Å². The molecule has 2 aromatic rings. The number of amides is 1. The highest BCUT2D eigenvalue weighted by Gasteiger charge is 2.33. The van der Waals surface area contributed by atoms with Gasteiger partial charge in [-0.05, 0) is 24.3 Å². The summed E-state index contributed by atoms with van der Waals surface area (Å²) in [5.41, 5.74) is 0. The topological polar surface area (TPSA) is 51.0 Å². The third-order valence-corrected chi connectivity index (χ3v) is 4.43. The maximum atomic E-state index is 12.1. The first-order valence-electron chi connectivity index (χ1n) is 6.50. The lowest BCUT2D eigenvalue weighted by molar-refractivity contribution is -0.139. The van der Waals surface area contributed by atoms with Crippen molar-refractivity contribution in [2.45, 2.75) is 31.8 Å². The molecule has 1 saturated heterocycles. The van der Waals surface area contributed by atoms with Crippen molar-refractivity contribution >= 4 is 17.2 Å². The molecule has 6 heteroatoms. The molecule has 0 bridgehead atoms. The van der Waals surface area contributed by atoms with E-state index in [1.807, 2.05) is 11.0 Å². The van der Waals surface area contributed by atoms with E-state index in [0.29, 0.717) is 12.5 Å². The predicted molar refractivity (Wildman–Crippen MR) is 72.6 cm³/mol. The molecule has 100 valence electrons. The fourth-order valence-corrected chi connectivity index (χ4v) is 3.22. The van der Waals surface area contributed by atoms with Crippen LogP contribution in [0.5, 0.6) is 0 Å². The Morgan fingerprint density at radius 1 is 1.53 bits per heavy atom. The van der Waals surface area contributed by atoms with Crippen molar-refractivity contribution < 1.29 is 4.79 Å².